The molecule has 2 heterocycles. The van der Waals surface area contributed by atoms with Crippen LogP contribution in [0.5, 0.6) is 0 Å². The van der Waals surface area contributed by atoms with Crippen LogP contribution in [-0.4, -0.2) is 42.9 Å². The minimum Gasteiger partial charge on any atom is -0.336 e. The van der Waals surface area contributed by atoms with E-state index in [0.29, 0.717) is 17.5 Å². The Labute approximate surface area is 185 Å². The van der Waals surface area contributed by atoms with Crippen LogP contribution in [0.25, 0.3) is 11.0 Å². The lowest BCUT2D eigenvalue weighted by atomic mass is 10.0. The second kappa shape index (κ2) is 9.44. The van der Waals surface area contributed by atoms with Crippen LogP contribution >= 0.6 is 11.8 Å². The minimum atomic E-state index is -3.52. The molecule has 1 N–H and O–H groups in total. The maximum Gasteiger partial charge on any atom is 0.242 e. The average Bonchev–Trinajstić information content (AvgIpc) is 2.97. The number of allylic oxidation sites excluding steroid dienone is 1. The third kappa shape index (κ3) is 4.95. The molecule has 3 rings (SSSR count). The Morgan fingerprint density at radius 3 is 2.58 bits per heavy atom. The van der Waals surface area contributed by atoms with Crippen LogP contribution in [0.4, 0.5) is 8.78 Å². The van der Waals surface area contributed by atoms with E-state index < -0.39 is 21.7 Å². The van der Waals surface area contributed by atoms with E-state index in [1.54, 1.807) is 28.8 Å². The van der Waals surface area contributed by atoms with Crippen LogP contribution in [0.2, 0.25) is 0 Å². The zero-order valence-electron chi connectivity index (χ0n) is 17.4. The van der Waals surface area contributed by atoms with Crippen LogP contribution in [0.15, 0.2) is 53.3 Å². The number of fused-ring (bicyclic) bond motifs is 1. The second-order valence-corrected chi connectivity index (χ2v) is 9.69. The first-order valence-corrected chi connectivity index (χ1v) is 11.3. The highest BCUT2D eigenvalue weighted by molar-refractivity contribution is 7.89. The van der Waals surface area contributed by atoms with Crippen molar-refractivity contribution in [2.75, 3.05) is 20.6 Å². The smallest absolute Gasteiger partial charge is 0.242 e. The number of sulfonamides is 1. The fourth-order valence-electron chi connectivity index (χ4n) is 3.36. The topological polar surface area (TPSA) is 67.2 Å². The van der Waals surface area contributed by atoms with Crippen molar-refractivity contribution in [3.8, 4) is 0 Å². The van der Waals surface area contributed by atoms with E-state index in [4.69, 9.17) is 11.8 Å². The van der Waals surface area contributed by atoms with Gasteiger partial charge in [0, 0.05) is 44.4 Å². The van der Waals surface area contributed by atoms with Crippen molar-refractivity contribution in [1.29, 1.82) is 0 Å². The molecule has 2 aromatic heterocycles. The first-order valence-electron chi connectivity index (χ1n) is 9.48. The molecule has 6 nitrogen and oxygen atoms in total. The molecular weight excluding hydrogens is 446 g/mol. The summed E-state index contributed by atoms with van der Waals surface area (Å²) in [6.07, 6.45) is 2.88. The highest BCUT2D eigenvalue weighted by Crippen LogP contribution is 2.28. The third-order valence-electron chi connectivity index (χ3n) is 5.05. The van der Waals surface area contributed by atoms with E-state index in [1.165, 1.54) is 26.2 Å². The normalized spacial score (nSPS) is 12.8. The molecule has 1 aromatic carbocycles. The van der Waals surface area contributed by atoms with Gasteiger partial charge in [-0.05, 0) is 42.5 Å². The van der Waals surface area contributed by atoms with E-state index in [-0.39, 0.29) is 18.0 Å². The monoisotopic (exact) mass is 468 g/mol. The number of pyridine rings is 1. The van der Waals surface area contributed by atoms with E-state index in [2.05, 4.69) is 9.82 Å². The summed E-state index contributed by atoms with van der Waals surface area (Å²) >= 11 is 5.38. The first kappa shape index (κ1) is 23.3. The molecule has 3 aromatic rings. The van der Waals surface area contributed by atoms with Crippen LogP contribution in [0.3, 0.4) is 0 Å². The van der Waals surface area contributed by atoms with Crippen molar-refractivity contribution in [3.05, 3.63) is 71.1 Å². The standard InChI is InChI=1S/C21H23ClF2N4O2S/c1-14-19(10-15-4-6-18(7-5-15)31(29,30)27(2)3)21-20(11-17(24)12-25-21)28(14)13-16(23)8-9-26-22/h4-8,11-12,26H,9-10,13H2,1-3H3/b16-8-. The number of rotatable bonds is 8. The van der Waals surface area contributed by atoms with Crippen LogP contribution in [0, 0.1) is 12.7 Å². The third-order valence-corrected chi connectivity index (χ3v) is 7.03. The Hall–Kier alpha value is -2.33. The van der Waals surface area contributed by atoms with Crippen molar-refractivity contribution in [3.63, 3.8) is 0 Å². The van der Waals surface area contributed by atoms with Crippen molar-refractivity contribution in [2.45, 2.75) is 24.8 Å². The van der Waals surface area contributed by atoms with E-state index in [0.717, 1.165) is 27.3 Å². The van der Waals surface area contributed by atoms with Gasteiger partial charge in [0.05, 0.1) is 28.7 Å². The molecule has 0 unspecified atom stereocenters. The Bertz CT molecular complexity index is 1220. The van der Waals surface area contributed by atoms with Gasteiger partial charge in [-0.3, -0.25) is 4.98 Å². The predicted molar refractivity (Wildman–Crippen MR) is 118 cm³/mol. The maximum absolute atomic E-state index is 14.3. The summed E-state index contributed by atoms with van der Waals surface area (Å²) in [5, 5.41) is 0. The minimum absolute atomic E-state index is 0.0773. The molecule has 0 amide bonds. The summed E-state index contributed by atoms with van der Waals surface area (Å²) in [5.41, 5.74) is 3.49. The zero-order valence-corrected chi connectivity index (χ0v) is 18.9. The van der Waals surface area contributed by atoms with Crippen molar-refractivity contribution in [1.82, 2.24) is 18.7 Å². The van der Waals surface area contributed by atoms with Crippen molar-refractivity contribution < 1.29 is 17.2 Å². The van der Waals surface area contributed by atoms with Gasteiger partial charge < -0.3 is 4.57 Å². The lowest BCUT2D eigenvalue weighted by Crippen LogP contribution is -2.22. The number of nitrogens with zero attached hydrogens (tertiary/aromatic N) is 3. The number of hydrogen-bond acceptors (Lipinski definition) is 4. The number of benzene rings is 1. The summed E-state index contributed by atoms with van der Waals surface area (Å²) in [4.78, 5) is 6.76. The Morgan fingerprint density at radius 1 is 1.29 bits per heavy atom. The van der Waals surface area contributed by atoms with Crippen LogP contribution in [0.1, 0.15) is 16.8 Å². The van der Waals surface area contributed by atoms with E-state index >= 15 is 0 Å². The number of hydrogen-bond donors (Lipinski definition) is 1. The molecule has 0 atom stereocenters. The van der Waals surface area contributed by atoms with E-state index in [1.807, 2.05) is 6.92 Å². The van der Waals surface area contributed by atoms with E-state index in [9.17, 15) is 17.2 Å². The highest BCUT2D eigenvalue weighted by atomic mass is 35.5. The molecule has 0 aliphatic heterocycles. The quantitative estimate of drug-likeness (QED) is 0.509. The first-order chi connectivity index (χ1) is 14.6. The summed E-state index contributed by atoms with van der Waals surface area (Å²) in [6.45, 7) is 1.91. The molecule has 10 heteroatoms. The van der Waals surface area contributed by atoms with Crippen molar-refractivity contribution in [2.24, 2.45) is 0 Å². The summed E-state index contributed by atoms with van der Waals surface area (Å²) in [7, 11) is -0.568. The second-order valence-electron chi connectivity index (χ2n) is 7.27. The number of aromatic nitrogens is 2. The van der Waals surface area contributed by atoms with Crippen molar-refractivity contribution >= 4 is 32.8 Å². The van der Waals surface area contributed by atoms with Gasteiger partial charge in [0.25, 0.3) is 0 Å². The molecule has 0 aliphatic rings. The summed E-state index contributed by atoms with van der Waals surface area (Å²) < 4.78 is 55.5. The molecule has 0 saturated carbocycles. The SMILES string of the molecule is Cc1c(Cc2ccc(S(=O)(=O)N(C)C)cc2)c2ncc(F)cc2n1C/C(F)=C/CNCl. The molecule has 166 valence electrons. The average molecular weight is 469 g/mol. The lowest BCUT2D eigenvalue weighted by molar-refractivity contribution is 0.520. The fourth-order valence-corrected chi connectivity index (χ4v) is 4.34. The van der Waals surface area contributed by atoms with Gasteiger partial charge in [-0.2, -0.15) is 0 Å². The van der Waals surface area contributed by atoms with Gasteiger partial charge in [-0.15, -0.1) is 0 Å². The zero-order chi connectivity index (χ0) is 22.8. The van der Waals surface area contributed by atoms with Crippen LogP contribution in [-0.2, 0) is 23.0 Å². The van der Waals surface area contributed by atoms with Gasteiger partial charge in [-0.1, -0.05) is 12.1 Å². The highest BCUT2D eigenvalue weighted by Gasteiger charge is 2.19. The fraction of sp³-hybridized carbons (Fsp3) is 0.286. The van der Waals surface area contributed by atoms with Gasteiger partial charge in [0.1, 0.15) is 11.6 Å². The Kier molecular flexibility index (Phi) is 7.10. The molecule has 0 fully saturated rings. The summed E-state index contributed by atoms with van der Waals surface area (Å²) in [6, 6.07) is 7.89. The van der Waals surface area contributed by atoms with Gasteiger partial charge in [-0.25, -0.2) is 26.3 Å². The molecular formula is C21H23ClF2N4O2S. The maximum atomic E-state index is 14.3. The molecule has 0 saturated heterocycles. The molecule has 31 heavy (non-hydrogen) atoms. The summed E-state index contributed by atoms with van der Waals surface area (Å²) in [5.74, 6) is -0.926. The number of nitrogens with one attached hydrogen (secondary N) is 1. The molecule has 0 aliphatic carbocycles. The van der Waals surface area contributed by atoms with Gasteiger partial charge >= 0.3 is 0 Å². The Balaban J connectivity index is 2.00. The Morgan fingerprint density at radius 2 is 1.97 bits per heavy atom. The number of halogens is 3. The predicted octanol–water partition coefficient (Wildman–Crippen LogP) is 3.92. The van der Waals surface area contributed by atoms with Gasteiger partial charge in [0.15, 0.2) is 0 Å². The van der Waals surface area contributed by atoms with Gasteiger partial charge in [0.2, 0.25) is 10.0 Å². The lowest BCUT2D eigenvalue weighted by Gasteiger charge is -2.12. The molecule has 0 bridgehead atoms. The van der Waals surface area contributed by atoms with Crippen LogP contribution < -0.4 is 4.84 Å². The largest absolute Gasteiger partial charge is 0.336 e. The molecule has 0 radical (unpaired) electrons. The molecule has 0 spiro atoms.